The maximum absolute atomic E-state index is 13.8. The molecule has 0 radical (unpaired) electrons. The van der Waals surface area contributed by atoms with Crippen molar-refractivity contribution in [3.8, 4) is 6.07 Å². The lowest BCUT2D eigenvalue weighted by molar-refractivity contribution is 0.103. The van der Waals surface area contributed by atoms with Crippen molar-refractivity contribution in [3.63, 3.8) is 0 Å². The second kappa shape index (κ2) is 7.56. The minimum atomic E-state index is -1.78. The molecule has 0 aliphatic rings. The third-order valence-electron chi connectivity index (χ3n) is 3.82. The molecule has 1 unspecified atom stereocenters. The second-order valence-corrected chi connectivity index (χ2v) is 7.37. The van der Waals surface area contributed by atoms with Crippen LogP contribution in [0.4, 0.5) is 4.39 Å². The quantitative estimate of drug-likeness (QED) is 0.385. The third kappa shape index (κ3) is 3.66. The van der Waals surface area contributed by atoms with Gasteiger partial charge < -0.3 is 4.90 Å². The highest BCUT2D eigenvalue weighted by atomic mass is 32.2. The number of allylic oxidation sites excluding steroid dienone is 1. The zero-order valence-electron chi connectivity index (χ0n) is 14.7. The number of Topliss-reactive ketones (excluding diaryl/α,β-unsaturated/α-hetero) is 1. The molecule has 0 saturated carbocycles. The van der Waals surface area contributed by atoms with E-state index in [4.69, 9.17) is 0 Å². The van der Waals surface area contributed by atoms with Gasteiger partial charge in [0, 0.05) is 25.7 Å². The van der Waals surface area contributed by atoms with E-state index in [0.717, 1.165) is 0 Å². The number of fused-ring (bicyclic) bond motifs is 1. The molecule has 3 rings (SSSR count). The first-order valence-corrected chi connectivity index (χ1v) is 9.14. The van der Waals surface area contributed by atoms with E-state index < -0.39 is 22.6 Å². The summed E-state index contributed by atoms with van der Waals surface area (Å²) in [6.07, 6.45) is 1.40. The molecule has 1 heterocycles. The van der Waals surface area contributed by atoms with Crippen LogP contribution in [0.15, 0.2) is 71.3 Å². The van der Waals surface area contributed by atoms with Crippen molar-refractivity contribution in [1.82, 2.24) is 8.87 Å². The number of carbonyl (C=O) groups is 1. The van der Waals surface area contributed by atoms with Crippen LogP contribution in [0.5, 0.6) is 0 Å². The summed E-state index contributed by atoms with van der Waals surface area (Å²) in [4.78, 5) is 15.0. The third-order valence-corrected chi connectivity index (χ3v) is 5.22. The second-order valence-electron chi connectivity index (χ2n) is 6.04. The maximum atomic E-state index is 13.8. The van der Waals surface area contributed by atoms with Crippen molar-refractivity contribution in [2.45, 2.75) is 4.90 Å². The normalized spacial score (nSPS) is 12.6. The number of ketones is 1. The molecule has 0 fully saturated rings. The molecule has 2 aromatic carbocycles. The minimum absolute atomic E-state index is 0.0624. The Bertz CT molecular complexity index is 1110. The van der Waals surface area contributed by atoms with Gasteiger partial charge in [0.2, 0.25) is 5.78 Å². The number of hydrogen-bond acceptors (Lipinski definition) is 4. The zero-order chi connectivity index (χ0) is 19.6. The van der Waals surface area contributed by atoms with Crippen LogP contribution in [-0.4, -0.2) is 33.0 Å². The standard InChI is InChI=1S/C20H16FN3O2S/c1-23(2)13-15(12-22)20(25)19-10-14-8-9-16(21)11-18(14)24(19)27(26)17-6-4-3-5-7-17/h3-11,13H,1-2H3/b15-13+. The fraction of sp³-hybridized carbons (Fsp3) is 0.100. The van der Waals surface area contributed by atoms with Crippen LogP contribution < -0.4 is 0 Å². The van der Waals surface area contributed by atoms with Gasteiger partial charge in [0.1, 0.15) is 23.2 Å². The van der Waals surface area contributed by atoms with E-state index in [1.807, 2.05) is 6.07 Å². The molecule has 0 saturated heterocycles. The number of benzene rings is 2. The first-order chi connectivity index (χ1) is 12.9. The first-order valence-electron chi connectivity index (χ1n) is 8.03. The number of hydrogen-bond donors (Lipinski definition) is 0. The van der Waals surface area contributed by atoms with Gasteiger partial charge in [-0.05, 0) is 36.4 Å². The van der Waals surface area contributed by atoms with Crippen molar-refractivity contribution in [2.24, 2.45) is 0 Å². The van der Waals surface area contributed by atoms with Crippen LogP contribution >= 0.6 is 0 Å². The highest BCUT2D eigenvalue weighted by molar-refractivity contribution is 7.83. The van der Waals surface area contributed by atoms with Crippen molar-refractivity contribution in [3.05, 3.63) is 77.9 Å². The molecule has 0 aliphatic carbocycles. The van der Waals surface area contributed by atoms with E-state index in [1.54, 1.807) is 49.3 Å². The molecule has 7 heteroatoms. The van der Waals surface area contributed by atoms with E-state index >= 15 is 0 Å². The van der Waals surface area contributed by atoms with Crippen molar-refractivity contribution in [2.75, 3.05) is 14.1 Å². The topological polar surface area (TPSA) is 66.1 Å². The molecule has 0 aliphatic heterocycles. The summed E-state index contributed by atoms with van der Waals surface area (Å²) in [5, 5.41) is 9.92. The molecule has 0 N–H and O–H groups in total. The van der Waals surface area contributed by atoms with Gasteiger partial charge in [-0.15, -0.1) is 0 Å². The van der Waals surface area contributed by atoms with Crippen LogP contribution in [0.3, 0.4) is 0 Å². The lowest BCUT2D eigenvalue weighted by Crippen LogP contribution is -2.16. The molecular weight excluding hydrogens is 365 g/mol. The molecule has 0 amide bonds. The lowest BCUT2D eigenvalue weighted by atomic mass is 10.1. The molecule has 3 aromatic rings. The molecule has 5 nitrogen and oxygen atoms in total. The number of carbonyl (C=O) groups excluding carboxylic acids is 1. The zero-order valence-corrected chi connectivity index (χ0v) is 15.5. The fourth-order valence-electron chi connectivity index (χ4n) is 2.66. The largest absolute Gasteiger partial charge is 0.382 e. The van der Waals surface area contributed by atoms with Gasteiger partial charge in [-0.1, -0.05) is 18.2 Å². The number of halogens is 1. The molecular formula is C20H16FN3O2S. The Morgan fingerprint density at radius 3 is 2.52 bits per heavy atom. The Kier molecular flexibility index (Phi) is 5.19. The Hall–Kier alpha value is -3.24. The summed E-state index contributed by atoms with van der Waals surface area (Å²) in [7, 11) is 1.60. The summed E-state index contributed by atoms with van der Waals surface area (Å²) in [6.45, 7) is 0. The predicted octanol–water partition coefficient (Wildman–Crippen LogP) is 3.50. The predicted molar refractivity (Wildman–Crippen MR) is 102 cm³/mol. The summed E-state index contributed by atoms with van der Waals surface area (Å²) < 4.78 is 28.3. The Labute approximate surface area is 158 Å². The molecule has 136 valence electrons. The summed E-state index contributed by atoms with van der Waals surface area (Å²) in [6, 6.07) is 16.0. The van der Waals surface area contributed by atoms with Crippen LogP contribution in [0.2, 0.25) is 0 Å². The summed E-state index contributed by atoms with van der Waals surface area (Å²) in [5.74, 6) is -1.08. The van der Waals surface area contributed by atoms with Crippen molar-refractivity contribution in [1.29, 1.82) is 5.26 Å². The van der Waals surface area contributed by atoms with E-state index in [9.17, 15) is 18.7 Å². The van der Waals surface area contributed by atoms with Gasteiger partial charge >= 0.3 is 0 Å². The van der Waals surface area contributed by atoms with E-state index in [0.29, 0.717) is 15.8 Å². The number of nitrogens with zero attached hydrogens (tertiary/aromatic N) is 3. The molecule has 27 heavy (non-hydrogen) atoms. The molecule has 0 spiro atoms. The average Bonchev–Trinajstić information content (AvgIpc) is 3.04. The van der Waals surface area contributed by atoms with Gasteiger partial charge in [-0.25, -0.2) is 8.60 Å². The van der Waals surface area contributed by atoms with Crippen LogP contribution in [0.25, 0.3) is 10.9 Å². The van der Waals surface area contributed by atoms with Crippen LogP contribution in [0, 0.1) is 17.1 Å². The summed E-state index contributed by atoms with van der Waals surface area (Å²) in [5.41, 5.74) is 0.282. The number of rotatable bonds is 5. The van der Waals surface area contributed by atoms with Gasteiger partial charge in [0.05, 0.1) is 10.4 Å². The monoisotopic (exact) mass is 381 g/mol. The van der Waals surface area contributed by atoms with Gasteiger partial charge in [0.25, 0.3) is 0 Å². The van der Waals surface area contributed by atoms with Gasteiger partial charge in [-0.3, -0.25) is 8.77 Å². The lowest BCUT2D eigenvalue weighted by Gasteiger charge is -2.10. The summed E-state index contributed by atoms with van der Waals surface area (Å²) >= 11 is 0. The van der Waals surface area contributed by atoms with Crippen LogP contribution in [-0.2, 0) is 11.0 Å². The smallest absolute Gasteiger partial charge is 0.222 e. The Balaban J connectivity index is 2.26. The highest BCUT2D eigenvalue weighted by Gasteiger charge is 2.23. The van der Waals surface area contributed by atoms with Gasteiger partial charge in [-0.2, -0.15) is 5.26 Å². The van der Waals surface area contributed by atoms with E-state index in [-0.39, 0.29) is 11.3 Å². The SMILES string of the molecule is CN(C)/C=C(\C#N)C(=O)c1cc2ccc(F)cc2n1S(=O)c1ccccc1. The average molecular weight is 381 g/mol. The molecule has 1 atom stereocenters. The minimum Gasteiger partial charge on any atom is -0.382 e. The molecule has 1 aromatic heterocycles. The fourth-order valence-corrected chi connectivity index (χ4v) is 3.92. The van der Waals surface area contributed by atoms with Crippen LogP contribution in [0.1, 0.15) is 10.5 Å². The first kappa shape index (κ1) is 18.5. The number of aromatic nitrogens is 1. The maximum Gasteiger partial charge on any atom is 0.222 e. The van der Waals surface area contributed by atoms with E-state index in [2.05, 4.69) is 0 Å². The molecule has 0 bridgehead atoms. The van der Waals surface area contributed by atoms with E-state index in [1.165, 1.54) is 34.4 Å². The Morgan fingerprint density at radius 1 is 1.19 bits per heavy atom. The Morgan fingerprint density at radius 2 is 1.89 bits per heavy atom. The number of nitriles is 1. The van der Waals surface area contributed by atoms with Gasteiger partial charge in [0.15, 0.2) is 11.0 Å². The van der Waals surface area contributed by atoms with Crippen molar-refractivity contribution < 1.29 is 13.4 Å². The van der Waals surface area contributed by atoms with Crippen molar-refractivity contribution >= 4 is 27.7 Å². The highest BCUT2D eigenvalue weighted by Crippen LogP contribution is 2.26.